The zero-order valence-electron chi connectivity index (χ0n) is 12.8. The second-order valence-electron chi connectivity index (χ2n) is 5.50. The van der Waals surface area contributed by atoms with E-state index in [0.29, 0.717) is 17.4 Å². The molecule has 2 heterocycles. The maximum atomic E-state index is 12.2. The van der Waals surface area contributed by atoms with Crippen molar-refractivity contribution in [1.29, 1.82) is 0 Å². The van der Waals surface area contributed by atoms with E-state index in [-0.39, 0.29) is 12.0 Å². The number of halogens is 1. The molecule has 2 aromatic rings. The average Bonchev–Trinajstić information content (AvgIpc) is 3.24. The summed E-state index contributed by atoms with van der Waals surface area (Å²) in [7, 11) is 0. The minimum Gasteiger partial charge on any atom is -0.376 e. The molecule has 1 saturated heterocycles. The lowest BCUT2D eigenvalue weighted by Gasteiger charge is -2.13. The topological polar surface area (TPSA) is 81.9 Å². The Morgan fingerprint density at radius 3 is 2.96 bits per heavy atom. The van der Waals surface area contributed by atoms with E-state index in [4.69, 9.17) is 16.3 Å². The minimum absolute atomic E-state index is 0.111. The van der Waals surface area contributed by atoms with Gasteiger partial charge in [-0.1, -0.05) is 11.6 Å². The first-order valence-corrected chi connectivity index (χ1v) is 7.96. The molecular weight excluding hydrogens is 318 g/mol. The van der Waals surface area contributed by atoms with Crippen LogP contribution in [-0.4, -0.2) is 45.4 Å². The summed E-state index contributed by atoms with van der Waals surface area (Å²) in [5.41, 5.74) is 0.799. The predicted octanol–water partition coefficient (Wildman–Crippen LogP) is 1.85. The van der Waals surface area contributed by atoms with E-state index in [1.807, 2.05) is 12.1 Å². The number of nitrogens with one attached hydrogen (secondary N) is 1. The van der Waals surface area contributed by atoms with Crippen LogP contribution in [0.3, 0.4) is 0 Å². The van der Waals surface area contributed by atoms with E-state index in [1.165, 1.54) is 4.80 Å². The number of ether oxygens (including phenoxy) is 1. The number of hydrogen-bond acceptors (Lipinski definition) is 5. The van der Waals surface area contributed by atoms with Crippen molar-refractivity contribution in [3.05, 3.63) is 29.3 Å². The van der Waals surface area contributed by atoms with Gasteiger partial charge in [0.15, 0.2) is 0 Å². The first kappa shape index (κ1) is 15.9. The summed E-state index contributed by atoms with van der Waals surface area (Å²) in [5, 5.41) is 15.7. The van der Waals surface area contributed by atoms with E-state index in [9.17, 15) is 4.79 Å². The van der Waals surface area contributed by atoms with Crippen LogP contribution in [0.15, 0.2) is 24.3 Å². The molecule has 1 fully saturated rings. The first-order chi connectivity index (χ1) is 11.1. The fourth-order valence-corrected chi connectivity index (χ4v) is 2.50. The molecule has 2 atom stereocenters. The van der Waals surface area contributed by atoms with Crippen LogP contribution < -0.4 is 5.32 Å². The molecule has 0 aliphatic carbocycles. The monoisotopic (exact) mass is 335 g/mol. The smallest absolute Gasteiger partial charge is 0.246 e. The normalized spacial score (nSPS) is 18.8. The molecule has 0 radical (unpaired) electrons. The molecular formula is C15H18ClN5O2. The van der Waals surface area contributed by atoms with Gasteiger partial charge < -0.3 is 10.1 Å². The lowest BCUT2D eigenvalue weighted by atomic mass is 10.2. The quantitative estimate of drug-likeness (QED) is 0.901. The van der Waals surface area contributed by atoms with E-state index >= 15 is 0 Å². The molecule has 7 nitrogen and oxygen atoms in total. The highest BCUT2D eigenvalue weighted by atomic mass is 35.5. The van der Waals surface area contributed by atoms with Gasteiger partial charge in [0, 0.05) is 23.7 Å². The van der Waals surface area contributed by atoms with E-state index in [0.717, 1.165) is 25.0 Å². The highest BCUT2D eigenvalue weighted by Crippen LogP contribution is 2.18. The molecule has 0 saturated carbocycles. The molecule has 1 aromatic carbocycles. The number of benzene rings is 1. The number of nitrogens with zero attached hydrogens (tertiary/aromatic N) is 4. The number of carbonyl (C=O) groups is 1. The van der Waals surface area contributed by atoms with Gasteiger partial charge in [0.05, 0.1) is 6.10 Å². The lowest BCUT2D eigenvalue weighted by Crippen LogP contribution is -2.36. The molecule has 1 aromatic heterocycles. The van der Waals surface area contributed by atoms with Crippen LogP contribution in [0.2, 0.25) is 5.02 Å². The largest absolute Gasteiger partial charge is 0.376 e. The maximum absolute atomic E-state index is 12.2. The van der Waals surface area contributed by atoms with Gasteiger partial charge in [0.1, 0.15) is 6.04 Å². The van der Waals surface area contributed by atoms with Gasteiger partial charge in [-0.05, 0) is 49.2 Å². The van der Waals surface area contributed by atoms with Crippen molar-refractivity contribution < 1.29 is 9.53 Å². The summed E-state index contributed by atoms with van der Waals surface area (Å²) < 4.78 is 5.48. The molecule has 8 heteroatoms. The van der Waals surface area contributed by atoms with Crippen molar-refractivity contribution in [2.24, 2.45) is 0 Å². The average molecular weight is 336 g/mol. The van der Waals surface area contributed by atoms with Gasteiger partial charge in [0.2, 0.25) is 11.7 Å². The summed E-state index contributed by atoms with van der Waals surface area (Å²) >= 11 is 5.86. The molecule has 1 aliphatic rings. The highest BCUT2D eigenvalue weighted by molar-refractivity contribution is 6.30. The Bertz CT molecular complexity index is 667. The molecule has 1 amide bonds. The Morgan fingerprint density at radius 1 is 1.48 bits per heavy atom. The molecule has 122 valence electrons. The van der Waals surface area contributed by atoms with Crippen molar-refractivity contribution in [2.75, 3.05) is 13.2 Å². The molecule has 0 spiro atoms. The molecule has 1 aliphatic heterocycles. The van der Waals surface area contributed by atoms with Gasteiger partial charge in [-0.2, -0.15) is 4.80 Å². The third kappa shape index (κ3) is 3.86. The van der Waals surface area contributed by atoms with Crippen molar-refractivity contribution in [3.63, 3.8) is 0 Å². The van der Waals surface area contributed by atoms with E-state index in [2.05, 4.69) is 20.7 Å². The van der Waals surface area contributed by atoms with E-state index < -0.39 is 6.04 Å². The number of amides is 1. The summed E-state index contributed by atoms with van der Waals surface area (Å²) in [4.78, 5) is 13.5. The Morgan fingerprint density at radius 2 is 2.26 bits per heavy atom. The number of aromatic nitrogens is 4. The molecule has 23 heavy (non-hydrogen) atoms. The third-order valence-corrected chi connectivity index (χ3v) is 4.04. The van der Waals surface area contributed by atoms with Gasteiger partial charge in [0.25, 0.3) is 0 Å². The minimum atomic E-state index is -0.537. The molecule has 0 unspecified atom stereocenters. The van der Waals surface area contributed by atoms with Crippen LogP contribution in [0.5, 0.6) is 0 Å². The molecule has 0 bridgehead atoms. The van der Waals surface area contributed by atoms with Crippen LogP contribution in [0, 0.1) is 0 Å². The Labute approximate surface area is 139 Å². The zero-order chi connectivity index (χ0) is 16.2. The SMILES string of the molecule is C[C@@H](C(=O)NC[C@H]1CCCO1)n1nnc(-c2ccc(Cl)cc2)n1. The highest BCUT2D eigenvalue weighted by Gasteiger charge is 2.21. The summed E-state index contributed by atoms with van der Waals surface area (Å²) in [6.45, 7) is 3.02. The first-order valence-electron chi connectivity index (χ1n) is 7.58. The number of hydrogen-bond donors (Lipinski definition) is 1. The second-order valence-corrected chi connectivity index (χ2v) is 5.93. The van der Waals surface area contributed by atoms with Crippen LogP contribution in [0.4, 0.5) is 0 Å². The van der Waals surface area contributed by atoms with Crippen LogP contribution >= 0.6 is 11.6 Å². The van der Waals surface area contributed by atoms with E-state index in [1.54, 1.807) is 19.1 Å². The molecule has 3 rings (SSSR count). The Hall–Kier alpha value is -1.99. The fraction of sp³-hybridized carbons (Fsp3) is 0.467. The van der Waals surface area contributed by atoms with Crippen molar-refractivity contribution in [2.45, 2.75) is 31.9 Å². The maximum Gasteiger partial charge on any atom is 0.246 e. The number of tetrazole rings is 1. The third-order valence-electron chi connectivity index (χ3n) is 3.78. The zero-order valence-corrected chi connectivity index (χ0v) is 13.5. The van der Waals surface area contributed by atoms with Crippen LogP contribution in [-0.2, 0) is 9.53 Å². The second kappa shape index (κ2) is 7.06. The van der Waals surface area contributed by atoms with Gasteiger partial charge >= 0.3 is 0 Å². The number of carbonyl (C=O) groups excluding carboxylic acids is 1. The van der Waals surface area contributed by atoms with Gasteiger partial charge in [-0.15, -0.1) is 10.2 Å². The number of rotatable bonds is 5. The van der Waals surface area contributed by atoms with Gasteiger partial charge in [-0.25, -0.2) is 0 Å². The standard InChI is InChI=1S/C15H18ClN5O2/c1-10(15(22)17-9-13-3-2-8-23-13)21-19-14(18-20-21)11-4-6-12(16)7-5-11/h4-7,10,13H,2-3,8-9H2,1H3,(H,17,22)/t10-,13+/m0/s1. The van der Waals surface area contributed by atoms with Crippen molar-refractivity contribution in [1.82, 2.24) is 25.5 Å². The fourth-order valence-electron chi connectivity index (χ4n) is 2.38. The van der Waals surface area contributed by atoms with Crippen LogP contribution in [0.1, 0.15) is 25.8 Å². The molecule has 1 N–H and O–H groups in total. The Kier molecular flexibility index (Phi) is 4.88. The lowest BCUT2D eigenvalue weighted by molar-refractivity contribution is -0.125. The predicted molar refractivity (Wildman–Crippen MR) is 85.0 cm³/mol. The summed E-state index contributed by atoms with van der Waals surface area (Å²) in [5.74, 6) is 0.306. The van der Waals surface area contributed by atoms with Gasteiger partial charge in [-0.3, -0.25) is 4.79 Å². The van der Waals surface area contributed by atoms with Crippen molar-refractivity contribution >= 4 is 17.5 Å². The summed E-state index contributed by atoms with van der Waals surface area (Å²) in [6.07, 6.45) is 2.14. The summed E-state index contributed by atoms with van der Waals surface area (Å²) in [6, 6.07) is 6.60. The Balaban J connectivity index is 1.62. The van der Waals surface area contributed by atoms with Crippen LogP contribution in [0.25, 0.3) is 11.4 Å². The van der Waals surface area contributed by atoms with Crippen molar-refractivity contribution in [3.8, 4) is 11.4 Å².